The molecule has 0 saturated heterocycles. The molecule has 3 heteroatoms. The van der Waals surface area contributed by atoms with Gasteiger partial charge in [-0.15, -0.1) is 0 Å². The lowest BCUT2D eigenvalue weighted by atomic mass is 10.0. The largest absolute Gasteiger partial charge is 0.494 e. The molecule has 0 bridgehead atoms. The number of rotatable bonds is 6. The lowest BCUT2D eigenvalue weighted by molar-refractivity contribution is 0.0920. The molecular formula is C18H20O3. The van der Waals surface area contributed by atoms with Gasteiger partial charge in [-0.3, -0.25) is 4.79 Å². The van der Waals surface area contributed by atoms with Crippen molar-refractivity contribution in [3.05, 3.63) is 59.2 Å². The Hall–Kier alpha value is -2.29. The Bertz CT molecular complexity index is 632. The van der Waals surface area contributed by atoms with Gasteiger partial charge in [0, 0.05) is 11.6 Å². The summed E-state index contributed by atoms with van der Waals surface area (Å²) in [4.78, 5) is 12.2. The van der Waals surface area contributed by atoms with Crippen molar-refractivity contribution < 1.29 is 14.3 Å². The molecule has 0 aromatic heterocycles. The Labute approximate surface area is 125 Å². The first-order valence-corrected chi connectivity index (χ1v) is 7.06. The van der Waals surface area contributed by atoms with Crippen LogP contribution in [0.1, 0.15) is 28.4 Å². The molecule has 0 N–H and O–H groups in total. The Balaban J connectivity index is 2.02. The molecule has 2 aromatic carbocycles. The van der Waals surface area contributed by atoms with Gasteiger partial charge >= 0.3 is 0 Å². The summed E-state index contributed by atoms with van der Waals surface area (Å²) in [6.07, 6.45) is 0. The number of carbonyl (C=O) groups excluding carboxylic acids is 1. The molecule has 0 spiro atoms. The average Bonchev–Trinajstić information content (AvgIpc) is 2.45. The van der Waals surface area contributed by atoms with Gasteiger partial charge in [-0.25, -0.2) is 0 Å². The molecule has 0 aliphatic heterocycles. The van der Waals surface area contributed by atoms with E-state index in [1.807, 2.05) is 57.2 Å². The molecule has 0 atom stereocenters. The maximum atomic E-state index is 12.2. The van der Waals surface area contributed by atoms with E-state index >= 15 is 0 Å². The van der Waals surface area contributed by atoms with Crippen LogP contribution in [-0.2, 0) is 0 Å². The van der Waals surface area contributed by atoms with Crippen molar-refractivity contribution >= 4 is 5.78 Å². The van der Waals surface area contributed by atoms with Crippen LogP contribution < -0.4 is 9.47 Å². The third-order valence-corrected chi connectivity index (χ3v) is 3.17. The van der Waals surface area contributed by atoms with Gasteiger partial charge in [-0.05, 0) is 38.5 Å². The monoisotopic (exact) mass is 284 g/mol. The molecule has 0 saturated carbocycles. The Morgan fingerprint density at radius 2 is 1.71 bits per heavy atom. The highest BCUT2D eigenvalue weighted by atomic mass is 16.5. The van der Waals surface area contributed by atoms with Crippen molar-refractivity contribution in [3.63, 3.8) is 0 Å². The number of hydrogen-bond acceptors (Lipinski definition) is 3. The van der Waals surface area contributed by atoms with Gasteiger partial charge < -0.3 is 9.47 Å². The Morgan fingerprint density at radius 1 is 1.00 bits per heavy atom. The summed E-state index contributed by atoms with van der Waals surface area (Å²) in [5, 5.41) is 0. The van der Waals surface area contributed by atoms with Gasteiger partial charge in [0.25, 0.3) is 0 Å². The van der Waals surface area contributed by atoms with Crippen molar-refractivity contribution in [2.45, 2.75) is 20.8 Å². The molecule has 0 radical (unpaired) electrons. The molecule has 0 heterocycles. The zero-order valence-corrected chi connectivity index (χ0v) is 12.7. The third-order valence-electron chi connectivity index (χ3n) is 3.17. The van der Waals surface area contributed by atoms with Crippen LogP contribution in [0.2, 0.25) is 0 Å². The third kappa shape index (κ3) is 4.09. The van der Waals surface area contributed by atoms with Crippen LogP contribution in [0, 0.1) is 13.8 Å². The lowest BCUT2D eigenvalue weighted by Crippen LogP contribution is -2.13. The van der Waals surface area contributed by atoms with Gasteiger partial charge in [0.15, 0.2) is 12.4 Å². The molecule has 2 aromatic rings. The van der Waals surface area contributed by atoms with E-state index in [-0.39, 0.29) is 12.4 Å². The van der Waals surface area contributed by atoms with E-state index in [0.717, 1.165) is 16.9 Å². The van der Waals surface area contributed by atoms with Crippen LogP contribution in [0.25, 0.3) is 0 Å². The molecule has 2 rings (SSSR count). The number of carbonyl (C=O) groups is 1. The molecule has 3 nitrogen and oxygen atoms in total. The van der Waals surface area contributed by atoms with Crippen LogP contribution in [0.15, 0.2) is 42.5 Å². The molecule has 0 unspecified atom stereocenters. The van der Waals surface area contributed by atoms with Crippen LogP contribution in [0.5, 0.6) is 11.5 Å². The maximum Gasteiger partial charge on any atom is 0.200 e. The zero-order chi connectivity index (χ0) is 15.2. The highest BCUT2D eigenvalue weighted by molar-refractivity contribution is 5.98. The van der Waals surface area contributed by atoms with E-state index in [2.05, 4.69) is 0 Å². The second-order valence-electron chi connectivity index (χ2n) is 4.94. The Kier molecular flexibility index (Phi) is 4.99. The summed E-state index contributed by atoms with van der Waals surface area (Å²) < 4.78 is 11.0. The fourth-order valence-electron chi connectivity index (χ4n) is 2.17. The first-order chi connectivity index (χ1) is 10.1. The van der Waals surface area contributed by atoms with E-state index in [1.165, 1.54) is 0 Å². The number of ether oxygens (including phenoxy) is 2. The average molecular weight is 284 g/mol. The van der Waals surface area contributed by atoms with Crippen LogP contribution >= 0.6 is 0 Å². The minimum atomic E-state index is -0.0192. The van der Waals surface area contributed by atoms with Crippen molar-refractivity contribution in [2.75, 3.05) is 13.2 Å². The number of hydrogen-bond donors (Lipinski definition) is 0. The standard InChI is InChI=1S/C18H20O3/c1-4-20-15-6-5-7-16(11-15)21-12-18(19)17-9-8-13(2)10-14(17)3/h5-11H,4,12H2,1-3H3. The van der Waals surface area contributed by atoms with E-state index in [1.54, 1.807) is 6.07 Å². The number of aryl methyl sites for hydroxylation is 2. The van der Waals surface area contributed by atoms with Crippen molar-refractivity contribution in [1.29, 1.82) is 0 Å². The number of benzene rings is 2. The molecule has 110 valence electrons. The minimum absolute atomic E-state index is 0.0192. The first kappa shape index (κ1) is 15.1. The lowest BCUT2D eigenvalue weighted by Gasteiger charge is -2.09. The summed E-state index contributed by atoms with van der Waals surface area (Å²) >= 11 is 0. The zero-order valence-electron chi connectivity index (χ0n) is 12.7. The second kappa shape index (κ2) is 6.93. The maximum absolute atomic E-state index is 12.2. The summed E-state index contributed by atoms with van der Waals surface area (Å²) in [5.74, 6) is 1.36. The van der Waals surface area contributed by atoms with Crippen LogP contribution in [0.3, 0.4) is 0 Å². The molecule has 0 aliphatic rings. The predicted molar refractivity (Wildman–Crippen MR) is 83.4 cm³/mol. The molecular weight excluding hydrogens is 264 g/mol. The summed E-state index contributed by atoms with van der Waals surface area (Å²) in [5.41, 5.74) is 2.84. The number of Topliss-reactive ketones (excluding diaryl/α,β-unsaturated/α-hetero) is 1. The predicted octanol–water partition coefficient (Wildman–Crippen LogP) is 3.96. The second-order valence-corrected chi connectivity index (χ2v) is 4.94. The highest BCUT2D eigenvalue weighted by Gasteiger charge is 2.10. The van der Waals surface area contributed by atoms with E-state index in [4.69, 9.17) is 9.47 Å². The van der Waals surface area contributed by atoms with Crippen LogP contribution in [0.4, 0.5) is 0 Å². The van der Waals surface area contributed by atoms with Gasteiger partial charge in [-0.1, -0.05) is 29.8 Å². The van der Waals surface area contributed by atoms with E-state index in [9.17, 15) is 4.79 Å². The Morgan fingerprint density at radius 3 is 2.38 bits per heavy atom. The van der Waals surface area contributed by atoms with Crippen molar-refractivity contribution in [3.8, 4) is 11.5 Å². The fourth-order valence-corrected chi connectivity index (χ4v) is 2.17. The van der Waals surface area contributed by atoms with Crippen molar-refractivity contribution in [2.24, 2.45) is 0 Å². The smallest absolute Gasteiger partial charge is 0.200 e. The summed E-state index contributed by atoms with van der Waals surface area (Å²) in [6, 6.07) is 13.1. The fraction of sp³-hybridized carbons (Fsp3) is 0.278. The van der Waals surface area contributed by atoms with Gasteiger partial charge in [-0.2, -0.15) is 0 Å². The molecule has 0 aliphatic carbocycles. The van der Waals surface area contributed by atoms with E-state index in [0.29, 0.717) is 17.9 Å². The molecule has 0 amide bonds. The van der Waals surface area contributed by atoms with Crippen molar-refractivity contribution in [1.82, 2.24) is 0 Å². The summed E-state index contributed by atoms with van der Waals surface area (Å²) in [7, 11) is 0. The first-order valence-electron chi connectivity index (χ1n) is 7.06. The van der Waals surface area contributed by atoms with E-state index < -0.39 is 0 Å². The van der Waals surface area contributed by atoms with Gasteiger partial charge in [0.1, 0.15) is 11.5 Å². The SMILES string of the molecule is CCOc1cccc(OCC(=O)c2ccc(C)cc2C)c1. The molecule has 0 fully saturated rings. The topological polar surface area (TPSA) is 35.5 Å². The number of ketones is 1. The highest BCUT2D eigenvalue weighted by Crippen LogP contribution is 2.20. The summed E-state index contributed by atoms with van der Waals surface area (Å²) in [6.45, 7) is 6.51. The van der Waals surface area contributed by atoms with Crippen LogP contribution in [-0.4, -0.2) is 19.0 Å². The van der Waals surface area contributed by atoms with Gasteiger partial charge in [0.2, 0.25) is 0 Å². The minimum Gasteiger partial charge on any atom is -0.494 e. The normalized spacial score (nSPS) is 10.2. The molecule has 21 heavy (non-hydrogen) atoms. The van der Waals surface area contributed by atoms with Gasteiger partial charge in [0.05, 0.1) is 6.61 Å². The quantitative estimate of drug-likeness (QED) is 0.753.